The van der Waals surface area contributed by atoms with Crippen molar-refractivity contribution in [1.82, 2.24) is 5.32 Å². The molecule has 1 saturated heterocycles. The van der Waals surface area contributed by atoms with Gasteiger partial charge in [0.25, 0.3) is 5.91 Å². The van der Waals surface area contributed by atoms with Crippen LogP contribution < -0.4 is 5.32 Å². The highest BCUT2D eigenvalue weighted by Crippen LogP contribution is 2.29. The van der Waals surface area contributed by atoms with Gasteiger partial charge >= 0.3 is 5.97 Å². The average Bonchev–Trinajstić information content (AvgIpc) is 3.28. The molecule has 2 aliphatic heterocycles. The zero-order valence-corrected chi connectivity index (χ0v) is 14.5. The Kier molecular flexibility index (Phi) is 5.22. The summed E-state index contributed by atoms with van der Waals surface area (Å²) in [4.78, 5) is 29.5. The molecule has 27 heavy (non-hydrogen) atoms. The van der Waals surface area contributed by atoms with Crippen molar-refractivity contribution in [2.45, 2.75) is 30.6 Å². The molecule has 2 unspecified atom stereocenters. The first-order valence-corrected chi connectivity index (χ1v) is 8.22. The maximum absolute atomic E-state index is 13.4. The number of carbonyl (C=O) groups excluding carboxylic acids is 2. The first-order valence-electron chi connectivity index (χ1n) is 8.22. The number of hydrogen-bond donors (Lipinski definition) is 1. The molecule has 1 amide bonds. The lowest BCUT2D eigenvalue weighted by molar-refractivity contribution is -0.151. The van der Waals surface area contributed by atoms with E-state index < -0.39 is 41.3 Å². The van der Waals surface area contributed by atoms with Gasteiger partial charge in [-0.15, -0.1) is 0 Å². The van der Waals surface area contributed by atoms with Crippen LogP contribution >= 0.6 is 0 Å². The van der Waals surface area contributed by atoms with E-state index in [0.29, 0.717) is 0 Å². The highest BCUT2D eigenvalue weighted by atomic mass is 19.1. The van der Waals surface area contributed by atoms with Crippen LogP contribution in [0.1, 0.15) is 18.4 Å². The molecule has 2 heterocycles. The van der Waals surface area contributed by atoms with Crippen LogP contribution in [0.3, 0.4) is 0 Å². The monoisotopic (exact) mass is 380 g/mol. The lowest BCUT2D eigenvalue weighted by Gasteiger charge is -2.23. The second-order valence-corrected chi connectivity index (χ2v) is 6.31. The van der Waals surface area contributed by atoms with E-state index in [0.717, 1.165) is 18.2 Å². The van der Waals surface area contributed by atoms with E-state index in [9.17, 15) is 18.4 Å². The van der Waals surface area contributed by atoms with E-state index in [-0.39, 0.29) is 30.7 Å². The van der Waals surface area contributed by atoms with E-state index in [4.69, 9.17) is 9.57 Å². The maximum Gasteiger partial charge on any atom is 0.335 e. The Morgan fingerprint density at radius 2 is 2.07 bits per heavy atom. The molecule has 3 atom stereocenters. The number of carbonyl (C=O) groups is 2. The van der Waals surface area contributed by atoms with Crippen LogP contribution in [0.4, 0.5) is 8.78 Å². The number of oxime groups is 1. The summed E-state index contributed by atoms with van der Waals surface area (Å²) in [7, 11) is 1.25. The third-order valence-corrected chi connectivity index (χ3v) is 4.46. The Hall–Kier alpha value is -2.81. The first-order chi connectivity index (χ1) is 12.9. The molecule has 9 heteroatoms. The molecule has 0 aromatic heterocycles. The Balaban J connectivity index is 1.67. The van der Waals surface area contributed by atoms with Gasteiger partial charge in [-0.05, 0) is 18.2 Å². The molecule has 0 spiro atoms. The Bertz CT molecular complexity index is 793. The van der Waals surface area contributed by atoms with Gasteiger partial charge in [0.05, 0.1) is 25.5 Å². The number of methoxy groups -OCH3 is 1. The van der Waals surface area contributed by atoms with E-state index >= 15 is 0 Å². The molecule has 1 aromatic rings. The minimum absolute atomic E-state index is 0.0424. The quantitative estimate of drug-likeness (QED) is 0.617. The fraction of sp³-hybridized carbons (Fsp3) is 0.389. The van der Waals surface area contributed by atoms with Crippen LogP contribution in [0.2, 0.25) is 0 Å². The van der Waals surface area contributed by atoms with E-state index in [1.165, 1.54) is 13.2 Å². The lowest BCUT2D eigenvalue weighted by atomic mass is 9.92. The second-order valence-electron chi connectivity index (χ2n) is 6.31. The van der Waals surface area contributed by atoms with Crippen molar-refractivity contribution in [2.75, 3.05) is 13.7 Å². The predicted octanol–water partition coefficient (Wildman–Crippen LogP) is 1.46. The zero-order chi connectivity index (χ0) is 19.6. The van der Waals surface area contributed by atoms with Crippen molar-refractivity contribution >= 4 is 17.6 Å². The summed E-state index contributed by atoms with van der Waals surface area (Å²) >= 11 is 0. The molecular weight excluding hydrogens is 362 g/mol. The largest absolute Gasteiger partial charge is 0.467 e. The molecule has 0 bridgehead atoms. The average molecular weight is 380 g/mol. The molecular formula is C18H18F2N2O5. The minimum atomic E-state index is -1.51. The van der Waals surface area contributed by atoms with Crippen LogP contribution in [0.25, 0.3) is 0 Å². The standard InChI is InChI=1S/C18H18F2N2O5/c1-3-18(17(24)21-13-7-15(26-9-13)16(23)25-2)8-14(22-27-18)10-4-11(19)6-12(20)5-10/h3-6,13,15H,1,7-9H2,2H3,(H,21,24)/t13?,15?,18-/m1/s1. The molecule has 1 N–H and O–H groups in total. The third-order valence-electron chi connectivity index (χ3n) is 4.46. The highest BCUT2D eigenvalue weighted by Gasteiger charge is 2.46. The molecule has 0 radical (unpaired) electrons. The van der Waals surface area contributed by atoms with Gasteiger partial charge < -0.3 is 19.6 Å². The van der Waals surface area contributed by atoms with Crippen molar-refractivity contribution in [1.29, 1.82) is 0 Å². The topological polar surface area (TPSA) is 86.2 Å². The van der Waals surface area contributed by atoms with Crippen LogP contribution in [-0.4, -0.2) is 49.1 Å². The van der Waals surface area contributed by atoms with Gasteiger partial charge in [0, 0.05) is 24.5 Å². The van der Waals surface area contributed by atoms with Crippen LogP contribution in [0, 0.1) is 11.6 Å². The molecule has 0 saturated carbocycles. The second kappa shape index (κ2) is 7.43. The van der Waals surface area contributed by atoms with E-state index in [1.807, 2.05) is 0 Å². The van der Waals surface area contributed by atoms with Crippen molar-refractivity contribution in [3.63, 3.8) is 0 Å². The summed E-state index contributed by atoms with van der Waals surface area (Å²) in [6, 6.07) is 2.53. The number of rotatable bonds is 5. The van der Waals surface area contributed by atoms with Crippen molar-refractivity contribution in [2.24, 2.45) is 5.16 Å². The number of amides is 1. The van der Waals surface area contributed by atoms with Crippen molar-refractivity contribution in [3.05, 3.63) is 48.1 Å². The van der Waals surface area contributed by atoms with E-state index in [2.05, 4.69) is 21.8 Å². The molecule has 7 nitrogen and oxygen atoms in total. The number of hydrogen-bond acceptors (Lipinski definition) is 6. The van der Waals surface area contributed by atoms with Crippen LogP contribution in [0.15, 0.2) is 36.0 Å². The smallest absolute Gasteiger partial charge is 0.335 e. The van der Waals surface area contributed by atoms with Crippen LogP contribution in [0.5, 0.6) is 0 Å². The zero-order valence-electron chi connectivity index (χ0n) is 14.5. The summed E-state index contributed by atoms with van der Waals surface area (Å²) in [5.74, 6) is -2.57. The summed E-state index contributed by atoms with van der Waals surface area (Å²) in [6.07, 6.45) is 0.752. The maximum atomic E-state index is 13.4. The molecule has 1 fully saturated rings. The number of nitrogens with zero attached hydrogens (tertiary/aromatic N) is 1. The van der Waals surface area contributed by atoms with Gasteiger partial charge in [-0.25, -0.2) is 13.6 Å². The van der Waals surface area contributed by atoms with Gasteiger partial charge in [-0.1, -0.05) is 11.7 Å². The summed E-state index contributed by atoms with van der Waals surface area (Å²) in [5, 5.41) is 6.54. The van der Waals surface area contributed by atoms with Crippen LogP contribution in [-0.2, 0) is 23.9 Å². The SMILES string of the molecule is C=C[C@]1(C(=O)NC2COC(C(=O)OC)C2)CC(c2cc(F)cc(F)c2)=NO1. The normalized spacial score (nSPS) is 26.9. The first kappa shape index (κ1) is 19.0. The predicted molar refractivity (Wildman–Crippen MR) is 89.8 cm³/mol. The summed E-state index contributed by atoms with van der Waals surface area (Å²) in [6.45, 7) is 3.76. The number of benzene rings is 1. The fourth-order valence-corrected chi connectivity index (χ4v) is 2.98. The highest BCUT2D eigenvalue weighted by molar-refractivity contribution is 6.06. The van der Waals surface area contributed by atoms with Crippen molar-refractivity contribution < 1.29 is 32.7 Å². The van der Waals surface area contributed by atoms with Gasteiger partial charge in [0.2, 0.25) is 5.60 Å². The van der Waals surface area contributed by atoms with Gasteiger partial charge in [0.1, 0.15) is 11.6 Å². The molecule has 2 aliphatic rings. The third kappa shape index (κ3) is 3.82. The molecule has 3 rings (SSSR count). The van der Waals surface area contributed by atoms with Gasteiger partial charge in [-0.3, -0.25) is 4.79 Å². The lowest BCUT2D eigenvalue weighted by Crippen LogP contribution is -2.49. The fourth-order valence-electron chi connectivity index (χ4n) is 2.98. The van der Waals surface area contributed by atoms with Gasteiger partial charge in [-0.2, -0.15) is 0 Å². The van der Waals surface area contributed by atoms with Gasteiger partial charge in [0.15, 0.2) is 6.10 Å². The minimum Gasteiger partial charge on any atom is -0.467 e. The summed E-state index contributed by atoms with van der Waals surface area (Å²) < 4.78 is 36.8. The summed E-state index contributed by atoms with van der Waals surface area (Å²) in [5.41, 5.74) is -1.11. The number of halogens is 2. The molecule has 1 aromatic carbocycles. The Morgan fingerprint density at radius 1 is 1.37 bits per heavy atom. The molecule has 144 valence electrons. The number of esters is 1. The number of nitrogens with one attached hydrogen (secondary N) is 1. The Morgan fingerprint density at radius 3 is 2.70 bits per heavy atom. The molecule has 0 aliphatic carbocycles. The number of ether oxygens (including phenoxy) is 2. The Labute approximate surface area is 154 Å². The van der Waals surface area contributed by atoms with E-state index in [1.54, 1.807) is 0 Å². The van der Waals surface area contributed by atoms with Crippen molar-refractivity contribution in [3.8, 4) is 0 Å².